The van der Waals surface area contributed by atoms with Gasteiger partial charge < -0.3 is 4.74 Å². The quantitative estimate of drug-likeness (QED) is 0.663. The van der Waals surface area contributed by atoms with Crippen LogP contribution in [0.25, 0.3) is 0 Å². The van der Waals surface area contributed by atoms with Crippen molar-refractivity contribution in [1.29, 1.82) is 0 Å². The summed E-state index contributed by atoms with van der Waals surface area (Å²) in [5.41, 5.74) is 2.79. The highest BCUT2D eigenvalue weighted by molar-refractivity contribution is 9.11. The van der Waals surface area contributed by atoms with E-state index in [0.717, 1.165) is 29.7 Å². The number of rotatable bonds is 4. The maximum Gasteiger partial charge on any atom is 0.0824 e. The Morgan fingerprint density at radius 2 is 2.50 bits per heavy atom. The molecule has 90 valence electrons. The van der Waals surface area contributed by atoms with Gasteiger partial charge in [-0.05, 0) is 47.8 Å². The highest BCUT2D eigenvalue weighted by Crippen LogP contribution is 2.32. The first-order valence-corrected chi connectivity index (χ1v) is 7.09. The van der Waals surface area contributed by atoms with Crippen LogP contribution in [0.3, 0.4) is 0 Å². The number of halogens is 1. The van der Waals surface area contributed by atoms with Gasteiger partial charge in [-0.25, -0.2) is 0 Å². The van der Waals surface area contributed by atoms with Crippen LogP contribution in [-0.2, 0) is 11.2 Å². The summed E-state index contributed by atoms with van der Waals surface area (Å²) >= 11 is 5.23. The Bertz CT molecular complexity index is 350. The Kier molecular flexibility index (Phi) is 4.02. The van der Waals surface area contributed by atoms with Gasteiger partial charge in [-0.2, -0.15) is 0 Å². The molecule has 1 fully saturated rings. The number of ether oxygens (including phenoxy) is 1. The number of thiophene rings is 1. The fraction of sp³-hybridized carbons (Fsp3) is 0.636. The van der Waals surface area contributed by atoms with Crippen molar-refractivity contribution in [1.82, 2.24) is 5.43 Å². The molecule has 2 rings (SSSR count). The molecule has 16 heavy (non-hydrogen) atoms. The molecule has 1 aliphatic heterocycles. The summed E-state index contributed by atoms with van der Waals surface area (Å²) in [7, 11) is 0. The van der Waals surface area contributed by atoms with Crippen LogP contribution in [0, 0.1) is 0 Å². The second-order valence-corrected chi connectivity index (χ2v) is 6.94. The monoisotopic (exact) mass is 304 g/mol. The molecule has 0 bridgehead atoms. The van der Waals surface area contributed by atoms with Crippen molar-refractivity contribution in [2.45, 2.75) is 37.8 Å². The van der Waals surface area contributed by atoms with Gasteiger partial charge >= 0.3 is 0 Å². The van der Waals surface area contributed by atoms with Crippen LogP contribution < -0.4 is 11.3 Å². The third-order valence-corrected chi connectivity index (χ3v) is 4.87. The SMILES string of the molecule is CC1(C(Cc2ccc(Br)s2)NN)CCCO1. The normalized spacial score (nSPS) is 27.2. The average Bonchev–Trinajstić information content (AvgIpc) is 2.85. The fourth-order valence-corrected chi connectivity index (χ4v) is 3.72. The van der Waals surface area contributed by atoms with Crippen molar-refractivity contribution in [3.05, 3.63) is 20.8 Å². The van der Waals surface area contributed by atoms with Crippen LogP contribution in [0.4, 0.5) is 0 Å². The van der Waals surface area contributed by atoms with Crippen molar-refractivity contribution in [2.75, 3.05) is 6.61 Å². The van der Waals surface area contributed by atoms with Gasteiger partial charge in [0.25, 0.3) is 0 Å². The molecule has 2 heterocycles. The van der Waals surface area contributed by atoms with E-state index in [1.807, 2.05) is 0 Å². The molecular formula is C11H17BrN2OS. The van der Waals surface area contributed by atoms with Gasteiger partial charge in [0.05, 0.1) is 15.4 Å². The molecule has 5 heteroatoms. The van der Waals surface area contributed by atoms with E-state index in [4.69, 9.17) is 10.6 Å². The molecule has 0 amide bonds. The highest BCUT2D eigenvalue weighted by Gasteiger charge is 2.37. The van der Waals surface area contributed by atoms with Crippen molar-refractivity contribution in [3.63, 3.8) is 0 Å². The van der Waals surface area contributed by atoms with Crippen LogP contribution in [-0.4, -0.2) is 18.2 Å². The van der Waals surface area contributed by atoms with Crippen LogP contribution in [0.15, 0.2) is 15.9 Å². The van der Waals surface area contributed by atoms with Crippen molar-refractivity contribution < 1.29 is 4.74 Å². The fourth-order valence-electron chi connectivity index (χ4n) is 2.19. The lowest BCUT2D eigenvalue weighted by Gasteiger charge is -2.32. The van der Waals surface area contributed by atoms with Gasteiger partial charge in [0.1, 0.15) is 0 Å². The maximum absolute atomic E-state index is 5.82. The molecule has 3 N–H and O–H groups in total. The lowest BCUT2D eigenvalue weighted by atomic mass is 9.91. The Morgan fingerprint density at radius 3 is 3.00 bits per heavy atom. The van der Waals surface area contributed by atoms with Crippen molar-refractivity contribution in [3.8, 4) is 0 Å². The number of nitrogens with two attached hydrogens (primary N) is 1. The molecule has 0 spiro atoms. The van der Waals surface area contributed by atoms with Crippen LogP contribution in [0.5, 0.6) is 0 Å². The highest BCUT2D eigenvalue weighted by atomic mass is 79.9. The zero-order valence-corrected chi connectivity index (χ0v) is 11.7. The zero-order chi connectivity index (χ0) is 11.6. The molecule has 1 aliphatic rings. The first-order valence-electron chi connectivity index (χ1n) is 5.48. The molecule has 0 radical (unpaired) electrons. The van der Waals surface area contributed by atoms with Gasteiger partial charge in [0, 0.05) is 17.9 Å². The van der Waals surface area contributed by atoms with E-state index in [-0.39, 0.29) is 11.6 Å². The summed E-state index contributed by atoms with van der Waals surface area (Å²) in [6.07, 6.45) is 3.13. The second kappa shape index (κ2) is 5.14. The van der Waals surface area contributed by atoms with E-state index >= 15 is 0 Å². The second-order valence-electron chi connectivity index (χ2n) is 4.39. The zero-order valence-electron chi connectivity index (χ0n) is 9.33. The summed E-state index contributed by atoms with van der Waals surface area (Å²) in [6.45, 7) is 3.00. The van der Waals surface area contributed by atoms with E-state index in [9.17, 15) is 0 Å². The first-order chi connectivity index (χ1) is 7.64. The van der Waals surface area contributed by atoms with Gasteiger partial charge in [-0.3, -0.25) is 11.3 Å². The Labute approximate surface area is 108 Å². The van der Waals surface area contributed by atoms with Gasteiger partial charge in [-0.15, -0.1) is 11.3 Å². The van der Waals surface area contributed by atoms with Crippen LogP contribution in [0.1, 0.15) is 24.6 Å². The summed E-state index contributed by atoms with van der Waals surface area (Å²) < 4.78 is 6.99. The Hall–Kier alpha value is 0.0600. The minimum atomic E-state index is -0.120. The lowest BCUT2D eigenvalue weighted by Crippen LogP contribution is -2.52. The first kappa shape index (κ1) is 12.5. The van der Waals surface area contributed by atoms with Crippen molar-refractivity contribution in [2.24, 2.45) is 5.84 Å². The van der Waals surface area contributed by atoms with E-state index in [2.05, 4.69) is 40.4 Å². The summed E-state index contributed by atoms with van der Waals surface area (Å²) in [5, 5.41) is 0. The maximum atomic E-state index is 5.82. The lowest BCUT2D eigenvalue weighted by molar-refractivity contribution is -0.0113. The standard InChI is InChI=1S/C11H17BrN2OS/c1-11(5-2-6-15-11)9(14-13)7-8-3-4-10(12)16-8/h3-4,9,14H,2,5-7,13H2,1H3. The number of hydrogen-bond acceptors (Lipinski definition) is 4. The van der Waals surface area contributed by atoms with E-state index in [1.165, 1.54) is 4.88 Å². The van der Waals surface area contributed by atoms with Crippen LogP contribution >= 0.6 is 27.3 Å². The topological polar surface area (TPSA) is 47.3 Å². The molecule has 3 nitrogen and oxygen atoms in total. The third kappa shape index (κ3) is 2.65. The van der Waals surface area contributed by atoms with E-state index in [1.54, 1.807) is 11.3 Å². The molecule has 1 aromatic heterocycles. The third-order valence-electron chi connectivity index (χ3n) is 3.22. The van der Waals surface area contributed by atoms with E-state index < -0.39 is 0 Å². The number of hydrogen-bond donors (Lipinski definition) is 2. The number of nitrogens with one attached hydrogen (secondary N) is 1. The molecule has 0 saturated carbocycles. The minimum Gasteiger partial charge on any atom is -0.374 e. The molecule has 0 aromatic carbocycles. The van der Waals surface area contributed by atoms with Crippen molar-refractivity contribution >= 4 is 27.3 Å². The van der Waals surface area contributed by atoms with Gasteiger partial charge in [-0.1, -0.05) is 0 Å². The summed E-state index contributed by atoms with van der Waals surface area (Å²) in [5.74, 6) is 5.66. The van der Waals surface area contributed by atoms with Gasteiger partial charge in [0.15, 0.2) is 0 Å². The van der Waals surface area contributed by atoms with E-state index in [0.29, 0.717) is 0 Å². The predicted octanol–water partition coefficient (Wildman–Crippen LogP) is 2.45. The summed E-state index contributed by atoms with van der Waals surface area (Å²) in [4.78, 5) is 1.33. The minimum absolute atomic E-state index is 0.120. The molecule has 1 aromatic rings. The molecule has 2 atom stereocenters. The Balaban J connectivity index is 2.05. The molecule has 0 aliphatic carbocycles. The summed E-state index contributed by atoms with van der Waals surface area (Å²) in [6, 6.07) is 4.39. The average molecular weight is 305 g/mol. The smallest absolute Gasteiger partial charge is 0.0824 e. The predicted molar refractivity (Wildman–Crippen MR) is 70.4 cm³/mol. The van der Waals surface area contributed by atoms with Crippen LogP contribution in [0.2, 0.25) is 0 Å². The number of hydrazine groups is 1. The Morgan fingerprint density at radius 1 is 1.69 bits per heavy atom. The molecule has 1 saturated heterocycles. The van der Waals surface area contributed by atoms with Gasteiger partial charge in [0.2, 0.25) is 0 Å². The molecular weight excluding hydrogens is 288 g/mol. The largest absolute Gasteiger partial charge is 0.374 e. The molecule has 2 unspecified atom stereocenters.